The van der Waals surface area contributed by atoms with Crippen LogP contribution in [0.4, 0.5) is 0 Å². The third-order valence-corrected chi connectivity index (χ3v) is 3.07. The summed E-state index contributed by atoms with van der Waals surface area (Å²) >= 11 is 3.24. The molecule has 3 rings (SSSR count). The van der Waals surface area contributed by atoms with Gasteiger partial charge < -0.3 is 4.98 Å². The zero-order valence-corrected chi connectivity index (χ0v) is 7.00. The summed E-state index contributed by atoms with van der Waals surface area (Å²) in [7, 11) is 0. The van der Waals surface area contributed by atoms with Crippen molar-refractivity contribution in [1.82, 2.24) is 15.0 Å². The third-order valence-electron chi connectivity index (χ3n) is 1.59. The maximum Gasteiger partial charge on any atom is 0.126 e. The molecule has 1 N–H and O–H groups in total. The molecule has 5 heteroatoms. The largest absolute Gasteiger partial charge is 0.335 e. The molecule has 0 unspecified atom stereocenters. The van der Waals surface area contributed by atoms with Gasteiger partial charge in [-0.2, -0.15) is 0 Å². The van der Waals surface area contributed by atoms with Crippen molar-refractivity contribution in [3.8, 4) is 0 Å². The molecule has 3 aromatic rings. The molecule has 0 saturated carbocycles. The van der Waals surface area contributed by atoms with Crippen LogP contribution < -0.4 is 0 Å². The van der Waals surface area contributed by atoms with Crippen LogP contribution in [0.15, 0.2) is 11.0 Å². The van der Waals surface area contributed by atoms with Crippen molar-refractivity contribution in [2.24, 2.45) is 0 Å². The van der Waals surface area contributed by atoms with Gasteiger partial charge >= 0.3 is 0 Å². The molecule has 0 aliphatic rings. The van der Waals surface area contributed by atoms with Crippen LogP contribution in [0.25, 0.3) is 20.7 Å². The molecular weight excluding hydrogens is 178 g/mol. The lowest BCUT2D eigenvalue weighted by molar-refractivity contribution is 1.47. The van der Waals surface area contributed by atoms with Crippen LogP contribution in [0.2, 0.25) is 0 Å². The SMILES string of the molecule is c1nc2c([nH]c3scnc32)s1. The lowest BCUT2D eigenvalue weighted by atomic mass is 10.5. The monoisotopic (exact) mass is 181 g/mol. The molecule has 0 aliphatic carbocycles. The summed E-state index contributed by atoms with van der Waals surface area (Å²) in [6, 6.07) is 0. The molecule has 0 spiro atoms. The first-order valence-corrected chi connectivity index (χ1v) is 4.85. The van der Waals surface area contributed by atoms with Gasteiger partial charge in [0.2, 0.25) is 0 Å². The number of rotatable bonds is 0. The first kappa shape index (κ1) is 5.68. The second-order valence-electron chi connectivity index (χ2n) is 2.19. The Morgan fingerprint density at radius 2 is 1.55 bits per heavy atom. The minimum absolute atomic E-state index is 1.01. The molecule has 0 bridgehead atoms. The number of fused-ring (bicyclic) bond motifs is 3. The zero-order chi connectivity index (χ0) is 7.26. The predicted octanol–water partition coefficient (Wildman–Crippen LogP) is 2.23. The Hall–Kier alpha value is -0.940. The Morgan fingerprint density at radius 1 is 1.00 bits per heavy atom. The lowest BCUT2D eigenvalue weighted by Crippen LogP contribution is -1.61. The minimum atomic E-state index is 1.01. The van der Waals surface area contributed by atoms with Gasteiger partial charge in [-0.25, -0.2) is 9.97 Å². The van der Waals surface area contributed by atoms with E-state index in [1.807, 2.05) is 11.0 Å². The Bertz CT molecular complexity index is 459. The van der Waals surface area contributed by atoms with Crippen LogP contribution in [-0.2, 0) is 0 Å². The summed E-state index contributed by atoms with van der Waals surface area (Å²) in [4.78, 5) is 13.9. The van der Waals surface area contributed by atoms with Crippen LogP contribution in [0.1, 0.15) is 0 Å². The number of hydrogen-bond donors (Lipinski definition) is 1. The van der Waals surface area contributed by atoms with Gasteiger partial charge in [-0.05, 0) is 0 Å². The van der Waals surface area contributed by atoms with E-state index < -0.39 is 0 Å². The predicted molar refractivity (Wildman–Crippen MR) is 47.1 cm³/mol. The van der Waals surface area contributed by atoms with Gasteiger partial charge in [0.15, 0.2) is 0 Å². The van der Waals surface area contributed by atoms with E-state index in [0.717, 1.165) is 20.7 Å². The smallest absolute Gasteiger partial charge is 0.126 e. The van der Waals surface area contributed by atoms with Crippen molar-refractivity contribution in [2.75, 3.05) is 0 Å². The molecule has 0 amide bonds. The van der Waals surface area contributed by atoms with Crippen molar-refractivity contribution in [3.05, 3.63) is 11.0 Å². The lowest BCUT2D eigenvalue weighted by Gasteiger charge is -1.69. The highest BCUT2D eigenvalue weighted by Crippen LogP contribution is 2.27. The number of nitrogens with zero attached hydrogens (tertiary/aromatic N) is 2. The second-order valence-corrected chi connectivity index (χ2v) is 3.89. The molecule has 54 valence electrons. The Morgan fingerprint density at radius 3 is 2.09 bits per heavy atom. The van der Waals surface area contributed by atoms with E-state index in [1.165, 1.54) is 0 Å². The van der Waals surface area contributed by atoms with Gasteiger partial charge in [0.05, 0.1) is 11.0 Å². The standard InChI is InChI=1S/C6H3N3S2/c1-7-3-4-6(11-2-8-4)9-5(3)10-1/h1-2,9H. The van der Waals surface area contributed by atoms with Crippen LogP contribution in [0.3, 0.4) is 0 Å². The molecule has 3 aromatic heterocycles. The normalized spacial score (nSPS) is 11.6. The average Bonchev–Trinajstić information content (AvgIpc) is 2.52. The summed E-state index contributed by atoms with van der Waals surface area (Å²) < 4.78 is 0. The van der Waals surface area contributed by atoms with Crippen LogP contribution in [0, 0.1) is 0 Å². The molecule has 0 radical (unpaired) electrons. The van der Waals surface area contributed by atoms with E-state index in [2.05, 4.69) is 15.0 Å². The quantitative estimate of drug-likeness (QED) is 0.578. The number of H-pyrrole nitrogens is 1. The number of aromatic nitrogens is 3. The van der Waals surface area contributed by atoms with Gasteiger partial charge in [-0.15, -0.1) is 22.7 Å². The molecule has 0 fully saturated rings. The summed E-state index contributed by atoms with van der Waals surface area (Å²) in [6.45, 7) is 0. The van der Waals surface area contributed by atoms with Crippen molar-refractivity contribution in [1.29, 1.82) is 0 Å². The van der Waals surface area contributed by atoms with E-state index in [4.69, 9.17) is 0 Å². The topological polar surface area (TPSA) is 41.6 Å². The molecule has 3 nitrogen and oxygen atoms in total. The Labute approximate surface area is 69.7 Å². The van der Waals surface area contributed by atoms with Gasteiger partial charge in [0, 0.05) is 0 Å². The van der Waals surface area contributed by atoms with E-state index in [9.17, 15) is 0 Å². The summed E-state index contributed by atoms with van der Waals surface area (Å²) in [5.41, 5.74) is 5.68. The number of nitrogens with one attached hydrogen (secondary N) is 1. The molecular formula is C6H3N3S2. The summed E-state index contributed by atoms with van der Waals surface area (Å²) in [5, 5.41) is 0. The maximum absolute atomic E-state index is 4.21. The molecule has 0 aliphatic heterocycles. The first-order valence-electron chi connectivity index (χ1n) is 3.09. The van der Waals surface area contributed by atoms with E-state index in [0.29, 0.717) is 0 Å². The number of hydrogen-bond acceptors (Lipinski definition) is 4. The van der Waals surface area contributed by atoms with Crippen molar-refractivity contribution >= 4 is 43.4 Å². The second kappa shape index (κ2) is 1.80. The van der Waals surface area contributed by atoms with Gasteiger partial charge in [0.25, 0.3) is 0 Å². The highest BCUT2D eigenvalue weighted by molar-refractivity contribution is 7.19. The fraction of sp³-hybridized carbons (Fsp3) is 0. The van der Waals surface area contributed by atoms with Crippen molar-refractivity contribution in [3.63, 3.8) is 0 Å². The fourth-order valence-electron chi connectivity index (χ4n) is 1.11. The van der Waals surface area contributed by atoms with Crippen LogP contribution in [-0.4, -0.2) is 15.0 Å². The molecule has 11 heavy (non-hydrogen) atoms. The molecule has 0 saturated heterocycles. The van der Waals surface area contributed by atoms with Crippen LogP contribution in [0.5, 0.6) is 0 Å². The third kappa shape index (κ3) is 0.617. The fourth-order valence-corrected chi connectivity index (χ4v) is 2.55. The van der Waals surface area contributed by atoms with E-state index in [1.54, 1.807) is 22.7 Å². The first-order chi connectivity index (χ1) is 5.45. The molecule has 0 aromatic carbocycles. The average molecular weight is 181 g/mol. The van der Waals surface area contributed by atoms with Gasteiger partial charge in [-0.3, -0.25) is 0 Å². The number of aromatic amines is 1. The number of thiazole rings is 2. The summed E-state index contributed by atoms with van der Waals surface area (Å²) in [5.74, 6) is 0. The maximum atomic E-state index is 4.21. The highest BCUT2D eigenvalue weighted by Gasteiger charge is 2.07. The van der Waals surface area contributed by atoms with E-state index in [-0.39, 0.29) is 0 Å². The van der Waals surface area contributed by atoms with Crippen molar-refractivity contribution < 1.29 is 0 Å². The molecule has 0 atom stereocenters. The van der Waals surface area contributed by atoms with Crippen molar-refractivity contribution in [2.45, 2.75) is 0 Å². The zero-order valence-electron chi connectivity index (χ0n) is 5.37. The van der Waals surface area contributed by atoms with E-state index >= 15 is 0 Å². The highest BCUT2D eigenvalue weighted by atomic mass is 32.1. The Kier molecular flexibility index (Phi) is 0.931. The van der Waals surface area contributed by atoms with Crippen LogP contribution >= 0.6 is 22.7 Å². The minimum Gasteiger partial charge on any atom is -0.335 e. The van der Waals surface area contributed by atoms with Gasteiger partial charge in [-0.1, -0.05) is 0 Å². The summed E-state index contributed by atoms with van der Waals surface area (Å²) in [6.07, 6.45) is 0. The molecule has 3 heterocycles. The van der Waals surface area contributed by atoms with Gasteiger partial charge in [0.1, 0.15) is 20.7 Å². The Balaban J connectivity index is 2.75.